The summed E-state index contributed by atoms with van der Waals surface area (Å²) in [6.07, 6.45) is 5.00. The number of aryl methyl sites for hydroxylation is 1. The fraction of sp³-hybridized carbons (Fsp3) is 0.625. The van der Waals surface area contributed by atoms with Crippen LogP contribution in [0.3, 0.4) is 0 Å². The lowest BCUT2D eigenvalue weighted by atomic mass is 10.0. The van der Waals surface area contributed by atoms with Gasteiger partial charge >= 0.3 is 0 Å². The summed E-state index contributed by atoms with van der Waals surface area (Å²) in [5.41, 5.74) is 2.99. The molecule has 2 aliphatic rings. The van der Waals surface area contributed by atoms with E-state index in [0.717, 1.165) is 55.6 Å². The molecule has 3 rings (SSSR count). The van der Waals surface area contributed by atoms with Crippen molar-refractivity contribution >= 4 is 5.69 Å². The summed E-state index contributed by atoms with van der Waals surface area (Å²) in [5, 5.41) is 0. The maximum absolute atomic E-state index is 14.1. The largest absolute Gasteiger partial charge is 0.371 e. The van der Waals surface area contributed by atoms with Gasteiger partial charge in [-0.15, -0.1) is 0 Å². The molecule has 0 aliphatic carbocycles. The molecule has 2 saturated heterocycles. The molecule has 0 saturated carbocycles. The second-order valence-corrected chi connectivity index (χ2v) is 5.82. The van der Waals surface area contributed by atoms with Gasteiger partial charge in [0.25, 0.3) is 0 Å². The quantitative estimate of drug-likeness (QED) is 0.828. The number of benzene rings is 1. The summed E-state index contributed by atoms with van der Waals surface area (Å²) in [4.78, 5) is 2.30. The number of anilines is 1. The molecule has 3 heteroatoms. The number of hydrogen-bond acceptors (Lipinski definition) is 2. The third-order valence-electron chi connectivity index (χ3n) is 4.36. The second kappa shape index (κ2) is 5.12. The lowest BCUT2D eigenvalue weighted by Crippen LogP contribution is -2.42. The van der Waals surface area contributed by atoms with Crippen LogP contribution in [0.15, 0.2) is 12.1 Å². The Hall–Kier alpha value is -1.09. The highest BCUT2D eigenvalue weighted by molar-refractivity contribution is 5.52. The third-order valence-corrected chi connectivity index (χ3v) is 4.36. The van der Waals surface area contributed by atoms with Gasteiger partial charge in [-0.25, -0.2) is 4.39 Å². The highest BCUT2D eigenvalue weighted by atomic mass is 19.1. The Bertz CT molecular complexity index is 462. The van der Waals surface area contributed by atoms with E-state index in [1.54, 1.807) is 6.07 Å². The zero-order valence-corrected chi connectivity index (χ0v) is 11.8. The maximum Gasteiger partial charge on any atom is 0.128 e. The lowest BCUT2D eigenvalue weighted by molar-refractivity contribution is 0.0305. The van der Waals surface area contributed by atoms with E-state index in [1.165, 1.54) is 0 Å². The molecule has 0 spiro atoms. The molecule has 2 atom stereocenters. The van der Waals surface area contributed by atoms with E-state index in [-0.39, 0.29) is 5.82 Å². The van der Waals surface area contributed by atoms with Gasteiger partial charge in [0.15, 0.2) is 0 Å². The van der Waals surface area contributed by atoms with E-state index < -0.39 is 0 Å². The topological polar surface area (TPSA) is 12.5 Å². The van der Waals surface area contributed by atoms with Crippen LogP contribution in [-0.4, -0.2) is 25.3 Å². The molecule has 2 unspecified atom stereocenters. The van der Waals surface area contributed by atoms with Crippen molar-refractivity contribution in [2.75, 3.05) is 18.0 Å². The van der Waals surface area contributed by atoms with E-state index in [4.69, 9.17) is 4.74 Å². The summed E-state index contributed by atoms with van der Waals surface area (Å²) in [7, 11) is 0. The summed E-state index contributed by atoms with van der Waals surface area (Å²) >= 11 is 0. The first kappa shape index (κ1) is 12.9. The van der Waals surface area contributed by atoms with E-state index in [9.17, 15) is 4.39 Å². The molecule has 0 radical (unpaired) electrons. The number of hydrogen-bond donors (Lipinski definition) is 0. The van der Waals surface area contributed by atoms with Gasteiger partial charge in [0.2, 0.25) is 0 Å². The predicted octanol–water partition coefficient (Wildman–Crippen LogP) is 3.45. The molecule has 2 fully saturated rings. The average Bonchev–Trinajstić information content (AvgIpc) is 2.74. The summed E-state index contributed by atoms with van der Waals surface area (Å²) in [6, 6.07) is 3.87. The zero-order chi connectivity index (χ0) is 13.4. The highest BCUT2D eigenvalue weighted by Gasteiger charge is 2.34. The van der Waals surface area contributed by atoms with Crippen LogP contribution in [0.25, 0.3) is 0 Å². The number of ether oxygens (including phenoxy) is 1. The van der Waals surface area contributed by atoms with Crippen LogP contribution in [0.4, 0.5) is 10.1 Å². The van der Waals surface area contributed by atoms with Crippen molar-refractivity contribution in [3.63, 3.8) is 0 Å². The number of morpholine rings is 1. The monoisotopic (exact) mass is 263 g/mol. The zero-order valence-electron chi connectivity index (χ0n) is 11.8. The third kappa shape index (κ3) is 2.48. The van der Waals surface area contributed by atoms with Crippen molar-refractivity contribution in [3.05, 3.63) is 29.1 Å². The Morgan fingerprint density at radius 3 is 2.58 bits per heavy atom. The maximum atomic E-state index is 14.1. The molecule has 104 valence electrons. The molecule has 0 N–H and O–H groups in total. The molecule has 1 aromatic rings. The van der Waals surface area contributed by atoms with Gasteiger partial charge in [-0.1, -0.05) is 13.3 Å². The fourth-order valence-electron chi connectivity index (χ4n) is 3.26. The molecule has 1 aromatic carbocycles. The first-order valence-electron chi connectivity index (χ1n) is 7.36. The Morgan fingerprint density at radius 2 is 1.95 bits per heavy atom. The van der Waals surface area contributed by atoms with Crippen molar-refractivity contribution in [1.29, 1.82) is 0 Å². The normalized spacial score (nSPS) is 25.9. The summed E-state index contributed by atoms with van der Waals surface area (Å²) in [5.74, 6) is -0.0696. The van der Waals surface area contributed by atoms with Gasteiger partial charge in [-0.05, 0) is 49.4 Å². The molecule has 2 aliphatic heterocycles. The SMILES string of the molecule is CCCc1cc(N2CC3CCC(C2)O3)cc(F)c1C. The van der Waals surface area contributed by atoms with Crippen LogP contribution < -0.4 is 4.90 Å². The van der Waals surface area contributed by atoms with E-state index in [0.29, 0.717) is 12.2 Å². The van der Waals surface area contributed by atoms with Gasteiger partial charge in [0.1, 0.15) is 5.82 Å². The van der Waals surface area contributed by atoms with Gasteiger partial charge in [-0.2, -0.15) is 0 Å². The smallest absolute Gasteiger partial charge is 0.128 e. The van der Waals surface area contributed by atoms with Crippen molar-refractivity contribution in [2.45, 2.75) is 51.7 Å². The Balaban J connectivity index is 1.88. The summed E-state index contributed by atoms with van der Waals surface area (Å²) in [6.45, 7) is 5.83. The number of nitrogens with zero attached hydrogens (tertiary/aromatic N) is 1. The van der Waals surface area contributed by atoms with Gasteiger partial charge in [0, 0.05) is 18.8 Å². The van der Waals surface area contributed by atoms with Crippen molar-refractivity contribution < 1.29 is 9.13 Å². The van der Waals surface area contributed by atoms with Crippen LogP contribution in [0, 0.1) is 12.7 Å². The van der Waals surface area contributed by atoms with E-state index in [2.05, 4.69) is 17.9 Å². The Labute approximate surface area is 114 Å². The van der Waals surface area contributed by atoms with E-state index >= 15 is 0 Å². The van der Waals surface area contributed by atoms with E-state index in [1.807, 2.05) is 6.92 Å². The number of fused-ring (bicyclic) bond motifs is 2. The van der Waals surface area contributed by atoms with Crippen LogP contribution >= 0.6 is 0 Å². The van der Waals surface area contributed by atoms with Gasteiger partial charge in [0.05, 0.1) is 12.2 Å². The van der Waals surface area contributed by atoms with Gasteiger partial charge in [-0.3, -0.25) is 0 Å². The minimum absolute atomic E-state index is 0.0696. The molecular weight excluding hydrogens is 241 g/mol. The first-order chi connectivity index (χ1) is 9.17. The molecule has 19 heavy (non-hydrogen) atoms. The Morgan fingerprint density at radius 1 is 1.26 bits per heavy atom. The second-order valence-electron chi connectivity index (χ2n) is 5.82. The number of halogens is 1. The average molecular weight is 263 g/mol. The van der Waals surface area contributed by atoms with Crippen LogP contribution in [0.5, 0.6) is 0 Å². The standard InChI is InChI=1S/C16H22FNO/c1-3-4-12-7-13(8-16(17)11(12)2)18-9-14-5-6-15(10-18)19-14/h7-8,14-15H,3-6,9-10H2,1-2H3. The van der Waals surface area contributed by atoms with Crippen molar-refractivity contribution in [3.8, 4) is 0 Å². The highest BCUT2D eigenvalue weighted by Crippen LogP contribution is 2.31. The predicted molar refractivity (Wildman–Crippen MR) is 75.2 cm³/mol. The fourth-order valence-corrected chi connectivity index (χ4v) is 3.26. The van der Waals surface area contributed by atoms with Crippen LogP contribution in [0.2, 0.25) is 0 Å². The summed E-state index contributed by atoms with van der Waals surface area (Å²) < 4.78 is 19.9. The molecule has 2 heterocycles. The van der Waals surface area contributed by atoms with Crippen molar-refractivity contribution in [1.82, 2.24) is 0 Å². The molecule has 2 bridgehead atoms. The van der Waals surface area contributed by atoms with Gasteiger partial charge < -0.3 is 9.64 Å². The minimum Gasteiger partial charge on any atom is -0.371 e. The van der Waals surface area contributed by atoms with Crippen LogP contribution in [-0.2, 0) is 11.2 Å². The lowest BCUT2D eigenvalue weighted by Gasteiger charge is -2.34. The molecule has 2 nitrogen and oxygen atoms in total. The Kier molecular flexibility index (Phi) is 3.48. The first-order valence-corrected chi connectivity index (χ1v) is 7.36. The number of rotatable bonds is 3. The minimum atomic E-state index is -0.0696. The van der Waals surface area contributed by atoms with Crippen LogP contribution in [0.1, 0.15) is 37.3 Å². The molecule has 0 aromatic heterocycles. The molecular formula is C16H22FNO. The van der Waals surface area contributed by atoms with Crippen molar-refractivity contribution in [2.24, 2.45) is 0 Å². The molecule has 0 amide bonds.